The molecule has 0 N–H and O–H groups in total. The molecule has 1 amide bonds. The summed E-state index contributed by atoms with van der Waals surface area (Å²) in [6.45, 7) is 6.09. The van der Waals surface area contributed by atoms with Gasteiger partial charge in [0.2, 0.25) is 0 Å². The van der Waals surface area contributed by atoms with Gasteiger partial charge in [-0.2, -0.15) is 0 Å². The fourth-order valence-corrected chi connectivity index (χ4v) is 5.66. The number of amides is 1. The Hall–Kier alpha value is -3.29. The van der Waals surface area contributed by atoms with Gasteiger partial charge in [-0.25, -0.2) is 0 Å². The maximum Gasteiger partial charge on any atom is 0.256 e. The lowest BCUT2D eigenvalue weighted by Crippen LogP contribution is -2.47. The summed E-state index contributed by atoms with van der Waals surface area (Å²) in [6.07, 6.45) is 3.92. The Labute approximate surface area is 222 Å². The number of fused-ring (bicyclic) bond motifs is 3. The summed E-state index contributed by atoms with van der Waals surface area (Å²) in [5.74, 6) is 1.44. The first-order chi connectivity index (χ1) is 18.1. The number of benzene rings is 3. The molecule has 3 aromatic carbocycles. The lowest BCUT2D eigenvalue weighted by Gasteiger charge is -2.36. The normalized spacial score (nSPS) is 19.6. The summed E-state index contributed by atoms with van der Waals surface area (Å²) < 4.78 is 11.9. The Kier molecular flexibility index (Phi) is 6.65. The van der Waals surface area contributed by atoms with Gasteiger partial charge in [0.1, 0.15) is 6.61 Å². The molecule has 0 spiro atoms. The van der Waals surface area contributed by atoms with Crippen molar-refractivity contribution in [3.05, 3.63) is 59.1 Å². The fourth-order valence-electron chi connectivity index (χ4n) is 5.53. The highest BCUT2D eigenvalue weighted by atomic mass is 35.5. The molecule has 3 aliphatic heterocycles. The Morgan fingerprint density at radius 2 is 1.73 bits per heavy atom. The second-order valence-corrected chi connectivity index (χ2v) is 10.3. The predicted octanol–water partition coefficient (Wildman–Crippen LogP) is 5.02. The average molecular weight is 519 g/mol. The molecule has 1 unspecified atom stereocenters. The summed E-state index contributed by atoms with van der Waals surface area (Å²) in [6, 6.07) is 16.0. The van der Waals surface area contributed by atoms with E-state index in [1.54, 1.807) is 7.11 Å². The summed E-state index contributed by atoms with van der Waals surface area (Å²) in [4.78, 5) is 24.6. The number of halogens is 1. The zero-order valence-electron chi connectivity index (χ0n) is 21.0. The maximum absolute atomic E-state index is 13.2. The molecule has 37 heavy (non-hydrogen) atoms. The van der Waals surface area contributed by atoms with Crippen LogP contribution in [0.3, 0.4) is 0 Å². The number of nitrogens with zero attached hydrogens (tertiary/aromatic N) is 4. The number of piperazine rings is 1. The molecule has 3 aromatic rings. The SMILES string of the molecule is COc1cc2cc3c(cc2cc1OCCN1CCN(c2ccc(Cl)cc2)CC1)C(=O)N1CCCC1C=N3. The molecule has 0 saturated carbocycles. The molecule has 0 bridgehead atoms. The lowest BCUT2D eigenvalue weighted by molar-refractivity contribution is 0.0775. The van der Waals surface area contributed by atoms with Crippen LogP contribution in [0.2, 0.25) is 5.02 Å². The Morgan fingerprint density at radius 3 is 2.51 bits per heavy atom. The molecule has 0 aliphatic carbocycles. The number of ether oxygens (including phenoxy) is 2. The predicted molar refractivity (Wildman–Crippen MR) is 148 cm³/mol. The number of hydrogen-bond acceptors (Lipinski definition) is 6. The minimum Gasteiger partial charge on any atom is -0.493 e. The van der Waals surface area contributed by atoms with Gasteiger partial charge in [-0.05, 0) is 72.1 Å². The van der Waals surface area contributed by atoms with E-state index in [-0.39, 0.29) is 11.9 Å². The first-order valence-electron chi connectivity index (χ1n) is 13.0. The van der Waals surface area contributed by atoms with E-state index >= 15 is 0 Å². The molecule has 0 radical (unpaired) electrons. The molecular formula is C29H31ClN4O3. The molecule has 3 heterocycles. The molecule has 7 nitrogen and oxygen atoms in total. The molecule has 0 aromatic heterocycles. The largest absolute Gasteiger partial charge is 0.493 e. The zero-order chi connectivity index (χ0) is 25.4. The van der Waals surface area contributed by atoms with E-state index in [1.165, 1.54) is 5.69 Å². The fraction of sp³-hybridized carbons (Fsp3) is 0.379. The van der Waals surface area contributed by atoms with Gasteiger partial charge in [-0.1, -0.05) is 11.6 Å². The first kappa shape index (κ1) is 24.1. The number of anilines is 1. The van der Waals surface area contributed by atoms with Gasteiger partial charge in [-0.3, -0.25) is 14.7 Å². The second kappa shape index (κ2) is 10.2. The maximum atomic E-state index is 13.2. The number of carbonyl (C=O) groups is 1. The summed E-state index contributed by atoms with van der Waals surface area (Å²) in [5, 5.41) is 2.69. The van der Waals surface area contributed by atoms with E-state index in [0.717, 1.165) is 73.6 Å². The molecule has 2 saturated heterocycles. The van der Waals surface area contributed by atoms with Crippen molar-refractivity contribution in [2.24, 2.45) is 4.99 Å². The van der Waals surface area contributed by atoms with Crippen LogP contribution < -0.4 is 14.4 Å². The minimum absolute atomic E-state index is 0.0629. The van der Waals surface area contributed by atoms with Crippen molar-refractivity contribution in [2.45, 2.75) is 18.9 Å². The van der Waals surface area contributed by atoms with Gasteiger partial charge in [0.15, 0.2) is 11.5 Å². The van der Waals surface area contributed by atoms with Crippen molar-refractivity contribution in [3.63, 3.8) is 0 Å². The number of aliphatic imine (C=N–C) groups is 1. The van der Waals surface area contributed by atoms with Crippen LogP contribution in [0.15, 0.2) is 53.5 Å². The molecule has 2 fully saturated rings. The highest BCUT2D eigenvalue weighted by molar-refractivity contribution is 6.30. The van der Waals surface area contributed by atoms with Gasteiger partial charge >= 0.3 is 0 Å². The van der Waals surface area contributed by atoms with Gasteiger partial charge in [0.05, 0.1) is 24.4 Å². The lowest BCUT2D eigenvalue weighted by atomic mass is 10.0. The van der Waals surface area contributed by atoms with Crippen molar-refractivity contribution in [1.82, 2.24) is 9.80 Å². The van der Waals surface area contributed by atoms with E-state index in [0.29, 0.717) is 23.7 Å². The molecular weight excluding hydrogens is 488 g/mol. The summed E-state index contributed by atoms with van der Waals surface area (Å²) in [5.41, 5.74) is 2.59. The molecule has 1 atom stereocenters. The third-order valence-electron chi connectivity index (χ3n) is 7.64. The number of rotatable bonds is 6. The van der Waals surface area contributed by atoms with Gasteiger partial charge in [0.25, 0.3) is 5.91 Å². The monoisotopic (exact) mass is 518 g/mol. The Balaban J connectivity index is 1.13. The van der Waals surface area contributed by atoms with E-state index in [9.17, 15) is 4.79 Å². The van der Waals surface area contributed by atoms with Crippen LogP contribution in [0.1, 0.15) is 23.2 Å². The second-order valence-electron chi connectivity index (χ2n) is 9.86. The Morgan fingerprint density at radius 1 is 0.973 bits per heavy atom. The molecule has 8 heteroatoms. The van der Waals surface area contributed by atoms with E-state index < -0.39 is 0 Å². The Bertz CT molecular complexity index is 1340. The summed E-state index contributed by atoms with van der Waals surface area (Å²) in [7, 11) is 1.66. The van der Waals surface area contributed by atoms with Crippen LogP contribution in [-0.2, 0) is 0 Å². The van der Waals surface area contributed by atoms with Crippen molar-refractivity contribution in [3.8, 4) is 11.5 Å². The van der Waals surface area contributed by atoms with E-state index in [4.69, 9.17) is 21.1 Å². The smallest absolute Gasteiger partial charge is 0.256 e. The highest BCUT2D eigenvalue weighted by Gasteiger charge is 2.32. The number of carbonyl (C=O) groups excluding carboxylic acids is 1. The quantitative estimate of drug-likeness (QED) is 0.458. The minimum atomic E-state index is 0.0629. The van der Waals surface area contributed by atoms with Crippen LogP contribution in [-0.4, -0.2) is 80.9 Å². The van der Waals surface area contributed by atoms with Gasteiger partial charge in [-0.15, -0.1) is 0 Å². The number of hydrogen-bond donors (Lipinski definition) is 0. The van der Waals surface area contributed by atoms with Crippen molar-refractivity contribution in [1.29, 1.82) is 0 Å². The topological polar surface area (TPSA) is 57.6 Å². The van der Waals surface area contributed by atoms with E-state index in [1.807, 2.05) is 47.5 Å². The first-order valence-corrected chi connectivity index (χ1v) is 13.3. The average Bonchev–Trinajstić information content (AvgIpc) is 3.36. The van der Waals surface area contributed by atoms with Crippen LogP contribution in [0.5, 0.6) is 11.5 Å². The van der Waals surface area contributed by atoms with Crippen LogP contribution in [0.25, 0.3) is 10.8 Å². The number of methoxy groups -OCH3 is 1. The standard InChI is InChI=1S/C29H31ClN4O3/c1-36-27-17-21-16-26-25(29(35)34-8-2-3-24(34)19-31-26)15-20(21)18-28(27)37-14-13-32-9-11-33(12-10-32)23-6-4-22(30)5-7-23/h4-7,15-19,24H,2-3,8-14H2,1H3. The zero-order valence-corrected chi connectivity index (χ0v) is 21.8. The van der Waals surface area contributed by atoms with Gasteiger partial charge in [0, 0.05) is 56.2 Å². The molecule has 192 valence electrons. The van der Waals surface area contributed by atoms with E-state index in [2.05, 4.69) is 26.9 Å². The summed E-state index contributed by atoms with van der Waals surface area (Å²) >= 11 is 6.03. The van der Waals surface area contributed by atoms with Crippen LogP contribution >= 0.6 is 11.6 Å². The van der Waals surface area contributed by atoms with Crippen LogP contribution in [0, 0.1) is 0 Å². The van der Waals surface area contributed by atoms with Crippen molar-refractivity contribution >= 4 is 45.9 Å². The van der Waals surface area contributed by atoms with Gasteiger partial charge < -0.3 is 19.3 Å². The third kappa shape index (κ3) is 4.86. The molecule has 3 aliphatic rings. The third-order valence-corrected chi connectivity index (χ3v) is 7.89. The van der Waals surface area contributed by atoms with Crippen molar-refractivity contribution in [2.75, 3.05) is 57.9 Å². The van der Waals surface area contributed by atoms with Crippen molar-refractivity contribution < 1.29 is 14.3 Å². The molecule has 6 rings (SSSR count). The van der Waals surface area contributed by atoms with Crippen LogP contribution in [0.4, 0.5) is 11.4 Å². The highest BCUT2D eigenvalue weighted by Crippen LogP contribution is 2.37.